The summed E-state index contributed by atoms with van der Waals surface area (Å²) in [6, 6.07) is 22.9. The van der Waals surface area contributed by atoms with Crippen LogP contribution in [-0.2, 0) is 9.53 Å². The Bertz CT molecular complexity index is 1180. The number of piperidine rings is 1. The summed E-state index contributed by atoms with van der Waals surface area (Å²) in [6.07, 6.45) is 4.14. The molecule has 0 aliphatic carbocycles. The summed E-state index contributed by atoms with van der Waals surface area (Å²) in [4.78, 5) is 14.0. The molecule has 0 spiro atoms. The van der Waals surface area contributed by atoms with E-state index in [-0.39, 0.29) is 12.6 Å². The number of hydrogen-bond acceptors (Lipinski definition) is 5. The minimum absolute atomic E-state index is 0.243. The molecule has 5 rings (SSSR count). The van der Waals surface area contributed by atoms with Crippen molar-refractivity contribution in [2.45, 2.75) is 31.3 Å². The van der Waals surface area contributed by atoms with Gasteiger partial charge in [-0.05, 0) is 72.0 Å². The Morgan fingerprint density at radius 1 is 1.03 bits per heavy atom. The quantitative estimate of drug-likeness (QED) is 0.408. The molecule has 5 heteroatoms. The number of aliphatic hydroxyl groups is 1. The van der Waals surface area contributed by atoms with Crippen LogP contribution in [0.1, 0.15) is 36.3 Å². The lowest BCUT2D eigenvalue weighted by molar-refractivity contribution is -0.134. The summed E-state index contributed by atoms with van der Waals surface area (Å²) in [6.45, 7) is 3.26. The van der Waals surface area contributed by atoms with Crippen LogP contribution in [-0.4, -0.2) is 54.9 Å². The number of hydrogen-bond donors (Lipinski definition) is 1. The van der Waals surface area contributed by atoms with E-state index in [1.165, 1.54) is 16.3 Å². The molecule has 0 saturated carbocycles. The summed E-state index contributed by atoms with van der Waals surface area (Å²) in [5.41, 5.74) is 3.00. The number of carbonyl (C=O) groups excluding carboxylic acids is 1. The van der Waals surface area contributed by atoms with Crippen LogP contribution in [0, 0.1) is 0 Å². The Morgan fingerprint density at radius 2 is 1.85 bits per heavy atom. The van der Waals surface area contributed by atoms with Crippen molar-refractivity contribution in [3.8, 4) is 5.75 Å². The molecule has 3 aromatic carbocycles. The predicted octanol–water partition coefficient (Wildman–Crippen LogP) is 4.79. The Labute approximate surface area is 200 Å². The topological polar surface area (TPSA) is 59.0 Å². The van der Waals surface area contributed by atoms with Crippen molar-refractivity contribution in [3.63, 3.8) is 0 Å². The van der Waals surface area contributed by atoms with Crippen molar-refractivity contribution in [3.05, 3.63) is 83.4 Å². The van der Waals surface area contributed by atoms with E-state index in [1.807, 2.05) is 30.3 Å². The van der Waals surface area contributed by atoms with E-state index in [1.54, 1.807) is 0 Å². The fourth-order valence-electron chi connectivity index (χ4n) is 4.93. The molecule has 0 amide bonds. The second kappa shape index (κ2) is 10.4. The first-order valence-corrected chi connectivity index (χ1v) is 12.1. The maximum absolute atomic E-state index is 11.7. The zero-order valence-electron chi connectivity index (χ0n) is 19.4. The zero-order valence-corrected chi connectivity index (χ0v) is 19.4. The molecule has 0 bridgehead atoms. The fourth-order valence-corrected chi connectivity index (χ4v) is 4.93. The Hall–Kier alpha value is -3.15. The number of rotatable bonds is 7. The van der Waals surface area contributed by atoms with E-state index in [0.717, 1.165) is 31.5 Å². The highest BCUT2D eigenvalue weighted by molar-refractivity contribution is 5.95. The lowest BCUT2D eigenvalue weighted by atomic mass is 9.88. The number of carbonyl (C=O) groups is 1. The number of β-amino-alcohol motifs (C(OH)–C–C–N with tert-alkyl or cyclic N) is 1. The van der Waals surface area contributed by atoms with Crippen molar-refractivity contribution in [1.82, 2.24) is 4.90 Å². The monoisotopic (exact) mass is 457 g/mol. The lowest BCUT2D eigenvalue weighted by Gasteiger charge is -2.33. The van der Waals surface area contributed by atoms with E-state index in [2.05, 4.69) is 47.4 Å². The van der Waals surface area contributed by atoms with Gasteiger partial charge in [0.05, 0.1) is 6.61 Å². The average molecular weight is 458 g/mol. The van der Waals surface area contributed by atoms with Gasteiger partial charge in [0.1, 0.15) is 18.5 Å². The Kier molecular flexibility index (Phi) is 6.93. The molecule has 3 aromatic rings. The first kappa shape index (κ1) is 22.6. The second-order valence-corrected chi connectivity index (χ2v) is 9.27. The van der Waals surface area contributed by atoms with Gasteiger partial charge in [-0.25, -0.2) is 4.79 Å². The van der Waals surface area contributed by atoms with Gasteiger partial charge < -0.3 is 19.5 Å². The number of cyclic esters (lactones) is 1. The smallest absolute Gasteiger partial charge is 0.334 e. The maximum atomic E-state index is 11.7. The summed E-state index contributed by atoms with van der Waals surface area (Å²) >= 11 is 0. The third kappa shape index (κ3) is 5.49. The summed E-state index contributed by atoms with van der Waals surface area (Å²) in [7, 11) is 0. The van der Waals surface area contributed by atoms with Gasteiger partial charge in [0, 0.05) is 18.5 Å². The van der Waals surface area contributed by atoms with Crippen LogP contribution >= 0.6 is 0 Å². The van der Waals surface area contributed by atoms with Crippen molar-refractivity contribution >= 4 is 22.8 Å². The van der Waals surface area contributed by atoms with Gasteiger partial charge in [0.25, 0.3) is 0 Å². The highest BCUT2D eigenvalue weighted by Crippen LogP contribution is 2.30. The molecular formula is C29H31NO4. The van der Waals surface area contributed by atoms with Gasteiger partial charge in [-0.2, -0.15) is 0 Å². The molecule has 2 aliphatic rings. The lowest BCUT2D eigenvalue weighted by Crippen LogP contribution is -2.40. The standard InChI is InChI=1S/C29H31NO4/c31-27(20-34-28-7-3-4-21(17-28)16-26-12-15-33-29(26)32)19-30-13-10-23(11-14-30)25-9-8-22-5-1-2-6-24(22)18-25/h1-9,16-18,23,27,31H,10-15,19-20H2/b26-16+. The highest BCUT2D eigenvalue weighted by atomic mass is 16.5. The largest absolute Gasteiger partial charge is 0.491 e. The number of esters is 1. The highest BCUT2D eigenvalue weighted by Gasteiger charge is 2.23. The molecule has 34 heavy (non-hydrogen) atoms. The Balaban J connectivity index is 1.10. The molecule has 1 unspecified atom stereocenters. The first-order valence-electron chi connectivity index (χ1n) is 12.1. The fraction of sp³-hybridized carbons (Fsp3) is 0.345. The minimum Gasteiger partial charge on any atom is -0.491 e. The van der Waals surface area contributed by atoms with E-state index in [9.17, 15) is 9.90 Å². The predicted molar refractivity (Wildman–Crippen MR) is 134 cm³/mol. The molecule has 2 saturated heterocycles. The third-order valence-corrected chi connectivity index (χ3v) is 6.81. The van der Waals surface area contributed by atoms with Gasteiger partial charge in [0.15, 0.2) is 0 Å². The van der Waals surface area contributed by atoms with Crippen LogP contribution in [0.25, 0.3) is 16.8 Å². The van der Waals surface area contributed by atoms with Crippen molar-refractivity contribution in [2.24, 2.45) is 0 Å². The average Bonchev–Trinajstić information content (AvgIpc) is 3.27. The van der Waals surface area contributed by atoms with E-state index in [4.69, 9.17) is 9.47 Å². The van der Waals surface area contributed by atoms with Crippen LogP contribution in [0.15, 0.2) is 72.3 Å². The molecule has 1 N–H and O–H groups in total. The van der Waals surface area contributed by atoms with Crippen LogP contribution in [0.4, 0.5) is 0 Å². The number of aliphatic hydroxyl groups excluding tert-OH is 1. The Morgan fingerprint density at radius 3 is 2.65 bits per heavy atom. The second-order valence-electron chi connectivity index (χ2n) is 9.27. The molecule has 0 radical (unpaired) electrons. The number of likely N-dealkylation sites (tertiary alicyclic amines) is 1. The van der Waals surface area contributed by atoms with E-state index < -0.39 is 6.10 Å². The first-order chi connectivity index (χ1) is 16.6. The summed E-state index contributed by atoms with van der Waals surface area (Å²) in [5, 5.41) is 13.1. The zero-order chi connectivity index (χ0) is 23.3. The van der Waals surface area contributed by atoms with Crippen molar-refractivity contribution in [1.29, 1.82) is 0 Å². The van der Waals surface area contributed by atoms with Gasteiger partial charge in [-0.15, -0.1) is 0 Å². The van der Waals surface area contributed by atoms with Crippen LogP contribution in [0.2, 0.25) is 0 Å². The van der Waals surface area contributed by atoms with Gasteiger partial charge in [-0.1, -0.05) is 54.6 Å². The van der Waals surface area contributed by atoms with Gasteiger partial charge in [-0.3, -0.25) is 0 Å². The number of benzene rings is 3. The van der Waals surface area contributed by atoms with Crippen molar-refractivity contribution < 1.29 is 19.4 Å². The van der Waals surface area contributed by atoms with Crippen LogP contribution in [0.5, 0.6) is 5.75 Å². The molecule has 0 aromatic heterocycles. The maximum Gasteiger partial charge on any atom is 0.334 e. The van der Waals surface area contributed by atoms with E-state index >= 15 is 0 Å². The molecule has 1 atom stereocenters. The summed E-state index contributed by atoms with van der Waals surface area (Å²) in [5.74, 6) is 1.02. The SMILES string of the molecule is O=C1OCC/C1=C\c1cccc(OCC(O)CN2CCC(c3ccc4ccccc4c3)CC2)c1. The van der Waals surface area contributed by atoms with Crippen LogP contribution in [0.3, 0.4) is 0 Å². The molecule has 2 aliphatic heterocycles. The molecule has 2 heterocycles. The van der Waals surface area contributed by atoms with Gasteiger partial charge in [0.2, 0.25) is 0 Å². The number of ether oxygens (including phenoxy) is 2. The van der Waals surface area contributed by atoms with Crippen LogP contribution < -0.4 is 4.74 Å². The molecular weight excluding hydrogens is 426 g/mol. The number of fused-ring (bicyclic) bond motifs is 1. The molecule has 2 fully saturated rings. The third-order valence-electron chi connectivity index (χ3n) is 6.81. The van der Waals surface area contributed by atoms with Gasteiger partial charge >= 0.3 is 5.97 Å². The van der Waals surface area contributed by atoms with E-state index in [0.29, 0.717) is 36.8 Å². The summed E-state index contributed by atoms with van der Waals surface area (Å²) < 4.78 is 10.8. The molecule has 5 nitrogen and oxygen atoms in total. The normalized spacial score (nSPS) is 19.4. The molecule has 176 valence electrons. The number of nitrogens with zero attached hydrogens (tertiary/aromatic N) is 1. The van der Waals surface area contributed by atoms with Crippen molar-refractivity contribution in [2.75, 3.05) is 32.8 Å². The minimum atomic E-state index is -0.552.